The van der Waals surface area contributed by atoms with E-state index in [4.69, 9.17) is 11.6 Å². The third kappa shape index (κ3) is 2.26. The summed E-state index contributed by atoms with van der Waals surface area (Å²) in [6, 6.07) is 12.6. The van der Waals surface area contributed by atoms with Crippen LogP contribution >= 0.6 is 11.6 Å². The molecule has 0 spiro atoms. The third-order valence-corrected chi connectivity index (χ3v) is 3.33. The molecule has 2 N–H and O–H groups in total. The number of rotatable bonds is 2. The second-order valence-electron chi connectivity index (χ2n) is 4.46. The SMILES string of the molecule is Cc1nc2c(C(=O)Nc3ccccc3Cl)cccc2[nH]1. The van der Waals surface area contributed by atoms with Gasteiger partial charge in [0.2, 0.25) is 0 Å². The Morgan fingerprint density at radius 1 is 1.20 bits per heavy atom. The highest BCUT2D eigenvalue weighted by molar-refractivity contribution is 6.34. The van der Waals surface area contributed by atoms with Crippen molar-refractivity contribution >= 4 is 34.2 Å². The molecule has 4 nitrogen and oxygen atoms in total. The number of aromatic amines is 1. The third-order valence-electron chi connectivity index (χ3n) is 3.00. The van der Waals surface area contributed by atoms with Crippen LogP contribution in [-0.2, 0) is 0 Å². The Bertz CT molecular complexity index is 795. The maximum absolute atomic E-state index is 12.4. The van der Waals surface area contributed by atoms with Crippen molar-refractivity contribution in [3.8, 4) is 0 Å². The first kappa shape index (κ1) is 12.7. The number of carbonyl (C=O) groups excluding carboxylic acids is 1. The molecule has 0 bridgehead atoms. The smallest absolute Gasteiger partial charge is 0.257 e. The van der Waals surface area contributed by atoms with Gasteiger partial charge in [0.15, 0.2) is 0 Å². The summed E-state index contributed by atoms with van der Waals surface area (Å²) in [6.07, 6.45) is 0. The Morgan fingerprint density at radius 2 is 2.00 bits per heavy atom. The number of amides is 1. The number of H-pyrrole nitrogens is 1. The van der Waals surface area contributed by atoms with Gasteiger partial charge in [-0.15, -0.1) is 0 Å². The van der Waals surface area contributed by atoms with Crippen LogP contribution in [0.1, 0.15) is 16.2 Å². The van der Waals surface area contributed by atoms with Gasteiger partial charge in [0.05, 0.1) is 21.8 Å². The summed E-state index contributed by atoms with van der Waals surface area (Å²) < 4.78 is 0. The maximum atomic E-state index is 12.4. The summed E-state index contributed by atoms with van der Waals surface area (Å²) in [4.78, 5) is 19.8. The number of aromatic nitrogens is 2. The maximum Gasteiger partial charge on any atom is 0.257 e. The van der Waals surface area contributed by atoms with Gasteiger partial charge >= 0.3 is 0 Å². The molecule has 0 aliphatic carbocycles. The monoisotopic (exact) mass is 285 g/mol. The summed E-state index contributed by atoms with van der Waals surface area (Å²) in [5.41, 5.74) is 2.61. The van der Waals surface area contributed by atoms with Crippen LogP contribution < -0.4 is 5.32 Å². The Hall–Kier alpha value is -2.33. The van der Waals surface area contributed by atoms with Crippen LogP contribution in [0.15, 0.2) is 42.5 Å². The van der Waals surface area contributed by atoms with Gasteiger partial charge < -0.3 is 10.3 Å². The van der Waals surface area contributed by atoms with Crippen LogP contribution in [0.3, 0.4) is 0 Å². The minimum absolute atomic E-state index is 0.227. The van der Waals surface area contributed by atoms with Gasteiger partial charge in [0.1, 0.15) is 11.3 Å². The first-order valence-corrected chi connectivity index (χ1v) is 6.54. The number of benzene rings is 2. The van der Waals surface area contributed by atoms with E-state index in [1.807, 2.05) is 31.2 Å². The van der Waals surface area contributed by atoms with Crippen LogP contribution in [0.25, 0.3) is 11.0 Å². The fraction of sp³-hybridized carbons (Fsp3) is 0.0667. The van der Waals surface area contributed by atoms with E-state index < -0.39 is 0 Å². The van der Waals surface area contributed by atoms with Crippen molar-refractivity contribution in [1.29, 1.82) is 0 Å². The van der Waals surface area contributed by atoms with E-state index in [1.54, 1.807) is 18.2 Å². The average molecular weight is 286 g/mol. The van der Waals surface area contributed by atoms with Crippen molar-refractivity contribution in [3.63, 3.8) is 0 Å². The summed E-state index contributed by atoms with van der Waals surface area (Å²) in [6.45, 7) is 1.86. The van der Waals surface area contributed by atoms with E-state index in [9.17, 15) is 4.79 Å². The number of nitrogens with one attached hydrogen (secondary N) is 2. The predicted octanol–water partition coefficient (Wildman–Crippen LogP) is 3.78. The second-order valence-corrected chi connectivity index (χ2v) is 4.87. The van der Waals surface area contributed by atoms with E-state index >= 15 is 0 Å². The highest BCUT2D eigenvalue weighted by Crippen LogP contribution is 2.23. The molecule has 100 valence electrons. The molecule has 1 aromatic heterocycles. The predicted molar refractivity (Wildman–Crippen MR) is 80.2 cm³/mol. The number of hydrogen-bond acceptors (Lipinski definition) is 2. The summed E-state index contributed by atoms with van der Waals surface area (Å²) in [5, 5.41) is 3.31. The highest BCUT2D eigenvalue weighted by Gasteiger charge is 2.13. The van der Waals surface area contributed by atoms with Crippen molar-refractivity contribution in [2.75, 3.05) is 5.32 Å². The average Bonchev–Trinajstić information content (AvgIpc) is 2.81. The van der Waals surface area contributed by atoms with Crippen LogP contribution in [0, 0.1) is 6.92 Å². The van der Waals surface area contributed by atoms with Gasteiger partial charge in [0.25, 0.3) is 5.91 Å². The lowest BCUT2D eigenvalue weighted by atomic mass is 10.1. The molecule has 0 atom stereocenters. The van der Waals surface area contributed by atoms with Crippen molar-refractivity contribution < 1.29 is 4.79 Å². The number of aryl methyl sites for hydroxylation is 1. The fourth-order valence-electron chi connectivity index (χ4n) is 2.09. The Balaban J connectivity index is 1.99. The van der Waals surface area contributed by atoms with Gasteiger partial charge in [-0.05, 0) is 31.2 Å². The number of carbonyl (C=O) groups is 1. The van der Waals surface area contributed by atoms with E-state index in [-0.39, 0.29) is 5.91 Å². The first-order chi connectivity index (χ1) is 9.65. The molecule has 0 saturated heterocycles. The largest absolute Gasteiger partial charge is 0.342 e. The number of imidazole rings is 1. The molecular weight excluding hydrogens is 274 g/mol. The van der Waals surface area contributed by atoms with Crippen molar-refractivity contribution in [2.45, 2.75) is 6.92 Å². The van der Waals surface area contributed by atoms with Crippen LogP contribution in [0.5, 0.6) is 0 Å². The number of halogens is 1. The van der Waals surface area contributed by atoms with Crippen molar-refractivity contribution in [2.24, 2.45) is 0 Å². The number of hydrogen-bond donors (Lipinski definition) is 2. The standard InChI is InChI=1S/C15H12ClN3O/c1-9-17-13-8-4-5-10(14(13)18-9)15(20)19-12-7-3-2-6-11(12)16/h2-8H,1H3,(H,17,18)(H,19,20). The molecule has 3 aromatic rings. The topological polar surface area (TPSA) is 57.8 Å². The number of nitrogens with zero attached hydrogens (tertiary/aromatic N) is 1. The molecule has 1 amide bonds. The van der Waals surface area contributed by atoms with Crippen LogP contribution in [0.4, 0.5) is 5.69 Å². The molecule has 0 aliphatic rings. The van der Waals surface area contributed by atoms with Crippen molar-refractivity contribution in [1.82, 2.24) is 9.97 Å². The molecule has 0 unspecified atom stereocenters. The van der Waals surface area contributed by atoms with Crippen LogP contribution in [0.2, 0.25) is 5.02 Å². The fourth-order valence-corrected chi connectivity index (χ4v) is 2.27. The molecular formula is C15H12ClN3O. The Morgan fingerprint density at radius 3 is 2.80 bits per heavy atom. The molecule has 0 radical (unpaired) electrons. The Kier molecular flexibility index (Phi) is 3.16. The van der Waals surface area contributed by atoms with Gasteiger partial charge in [0, 0.05) is 0 Å². The van der Waals surface area contributed by atoms with Gasteiger partial charge in [-0.25, -0.2) is 4.98 Å². The lowest BCUT2D eigenvalue weighted by Gasteiger charge is -2.07. The van der Waals surface area contributed by atoms with Gasteiger partial charge in [-0.3, -0.25) is 4.79 Å². The zero-order valence-corrected chi connectivity index (χ0v) is 11.5. The molecule has 0 saturated carbocycles. The Labute approximate surface area is 120 Å². The number of fused-ring (bicyclic) bond motifs is 1. The normalized spacial score (nSPS) is 10.7. The number of para-hydroxylation sites is 2. The molecule has 5 heteroatoms. The minimum atomic E-state index is -0.227. The van der Waals surface area contributed by atoms with E-state index in [0.717, 1.165) is 11.3 Å². The van der Waals surface area contributed by atoms with E-state index in [0.29, 0.717) is 21.8 Å². The summed E-state index contributed by atoms with van der Waals surface area (Å²) in [5.74, 6) is 0.549. The second kappa shape index (κ2) is 4.98. The number of anilines is 1. The van der Waals surface area contributed by atoms with Crippen LogP contribution in [-0.4, -0.2) is 15.9 Å². The minimum Gasteiger partial charge on any atom is -0.342 e. The lowest BCUT2D eigenvalue weighted by Crippen LogP contribution is -2.12. The molecule has 3 rings (SSSR count). The zero-order chi connectivity index (χ0) is 14.1. The first-order valence-electron chi connectivity index (χ1n) is 6.16. The molecule has 1 heterocycles. The van der Waals surface area contributed by atoms with Crippen molar-refractivity contribution in [3.05, 3.63) is 58.9 Å². The van der Waals surface area contributed by atoms with E-state index in [1.165, 1.54) is 0 Å². The molecule has 0 aliphatic heterocycles. The van der Waals surface area contributed by atoms with Gasteiger partial charge in [-0.1, -0.05) is 29.8 Å². The highest BCUT2D eigenvalue weighted by atomic mass is 35.5. The molecule has 20 heavy (non-hydrogen) atoms. The molecule has 2 aromatic carbocycles. The lowest BCUT2D eigenvalue weighted by molar-refractivity contribution is 0.102. The van der Waals surface area contributed by atoms with Gasteiger partial charge in [-0.2, -0.15) is 0 Å². The quantitative estimate of drug-likeness (QED) is 0.753. The molecule has 0 fully saturated rings. The zero-order valence-electron chi connectivity index (χ0n) is 10.8. The summed E-state index contributed by atoms with van der Waals surface area (Å²) >= 11 is 6.04. The summed E-state index contributed by atoms with van der Waals surface area (Å²) in [7, 11) is 0. The van der Waals surface area contributed by atoms with E-state index in [2.05, 4.69) is 15.3 Å².